The number of halogens is 3. The second-order valence-corrected chi connectivity index (χ2v) is 5.00. The maximum absolute atomic E-state index is 12.6. The summed E-state index contributed by atoms with van der Waals surface area (Å²) in [5, 5.41) is 0. The molecule has 1 fully saturated rings. The van der Waals surface area contributed by atoms with Crippen LogP contribution in [0.3, 0.4) is 0 Å². The van der Waals surface area contributed by atoms with E-state index in [1.807, 2.05) is 0 Å². The van der Waals surface area contributed by atoms with Gasteiger partial charge in [-0.3, -0.25) is 0 Å². The lowest BCUT2D eigenvalue weighted by molar-refractivity contribution is -0.137. The molecule has 2 N–H and O–H groups in total. The van der Waals surface area contributed by atoms with E-state index in [9.17, 15) is 13.2 Å². The second-order valence-electron chi connectivity index (χ2n) is 5.00. The predicted molar refractivity (Wildman–Crippen MR) is 63.6 cm³/mol. The van der Waals surface area contributed by atoms with Crippen LogP contribution >= 0.6 is 0 Å². The molecule has 0 aliphatic heterocycles. The third-order valence-corrected chi connectivity index (χ3v) is 3.55. The van der Waals surface area contributed by atoms with Crippen molar-refractivity contribution in [1.82, 2.24) is 4.98 Å². The summed E-state index contributed by atoms with van der Waals surface area (Å²) in [6.45, 7) is 0. The largest absolute Gasteiger partial charge is 0.440 e. The van der Waals surface area contributed by atoms with Crippen LogP contribution in [0.5, 0.6) is 0 Å². The third-order valence-electron chi connectivity index (χ3n) is 3.55. The van der Waals surface area contributed by atoms with Gasteiger partial charge < -0.3 is 10.2 Å². The van der Waals surface area contributed by atoms with E-state index in [1.165, 1.54) is 6.07 Å². The zero-order valence-corrected chi connectivity index (χ0v) is 10.1. The van der Waals surface area contributed by atoms with Crippen LogP contribution < -0.4 is 5.73 Å². The van der Waals surface area contributed by atoms with E-state index >= 15 is 0 Å². The highest BCUT2D eigenvalue weighted by Gasteiger charge is 2.32. The molecule has 3 rings (SSSR count). The van der Waals surface area contributed by atoms with Gasteiger partial charge in [0.15, 0.2) is 11.5 Å². The van der Waals surface area contributed by atoms with E-state index in [1.54, 1.807) is 0 Å². The van der Waals surface area contributed by atoms with Gasteiger partial charge in [0.05, 0.1) is 5.56 Å². The molecule has 3 nitrogen and oxygen atoms in total. The first-order valence-electron chi connectivity index (χ1n) is 6.17. The van der Waals surface area contributed by atoms with Gasteiger partial charge in [-0.05, 0) is 37.5 Å². The number of benzene rings is 1. The van der Waals surface area contributed by atoms with Crippen molar-refractivity contribution >= 4 is 11.1 Å². The Morgan fingerprint density at radius 2 is 2.05 bits per heavy atom. The molecule has 1 heterocycles. The molecule has 1 aromatic heterocycles. The van der Waals surface area contributed by atoms with Gasteiger partial charge in [-0.25, -0.2) is 4.98 Å². The van der Waals surface area contributed by atoms with Crippen molar-refractivity contribution in [1.29, 1.82) is 0 Å². The molecule has 6 heteroatoms. The maximum Gasteiger partial charge on any atom is 0.416 e. The molecule has 0 saturated heterocycles. The molecule has 0 spiro atoms. The summed E-state index contributed by atoms with van der Waals surface area (Å²) in [5.74, 6) is 0.624. The SMILES string of the molecule is N[C@H]1CC[C@@H](c2nc3cc(C(F)(F)F)ccc3o2)C1. The molecule has 0 bridgehead atoms. The predicted octanol–water partition coefficient (Wildman–Crippen LogP) is 3.44. The summed E-state index contributed by atoms with van der Waals surface area (Å²) >= 11 is 0. The lowest BCUT2D eigenvalue weighted by Crippen LogP contribution is -2.14. The van der Waals surface area contributed by atoms with E-state index in [-0.39, 0.29) is 17.5 Å². The number of aromatic nitrogens is 1. The van der Waals surface area contributed by atoms with Crippen molar-refractivity contribution in [2.75, 3.05) is 0 Å². The highest BCUT2D eigenvalue weighted by Crippen LogP contribution is 2.36. The van der Waals surface area contributed by atoms with E-state index < -0.39 is 11.7 Å². The normalized spacial score (nSPS) is 24.2. The second kappa shape index (κ2) is 4.23. The van der Waals surface area contributed by atoms with Crippen molar-refractivity contribution in [2.45, 2.75) is 37.4 Å². The van der Waals surface area contributed by atoms with Gasteiger partial charge in [0.1, 0.15) is 5.52 Å². The molecular weight excluding hydrogens is 257 g/mol. The lowest BCUT2D eigenvalue weighted by Gasteiger charge is -2.04. The molecule has 19 heavy (non-hydrogen) atoms. The fourth-order valence-corrected chi connectivity index (χ4v) is 2.54. The number of alkyl halides is 3. The fourth-order valence-electron chi connectivity index (χ4n) is 2.54. The Labute approximate surface area is 107 Å². The maximum atomic E-state index is 12.6. The van der Waals surface area contributed by atoms with Gasteiger partial charge in [-0.15, -0.1) is 0 Å². The van der Waals surface area contributed by atoms with Crippen LogP contribution in [0.25, 0.3) is 11.1 Å². The Hall–Kier alpha value is -1.56. The first kappa shape index (κ1) is 12.5. The topological polar surface area (TPSA) is 52.0 Å². The van der Waals surface area contributed by atoms with Gasteiger partial charge in [-0.1, -0.05) is 0 Å². The van der Waals surface area contributed by atoms with Gasteiger partial charge in [-0.2, -0.15) is 13.2 Å². The molecule has 2 aromatic rings. The highest BCUT2D eigenvalue weighted by atomic mass is 19.4. The lowest BCUT2D eigenvalue weighted by atomic mass is 10.1. The third kappa shape index (κ3) is 2.32. The number of hydrogen-bond acceptors (Lipinski definition) is 3. The van der Waals surface area contributed by atoms with Crippen molar-refractivity contribution in [3.8, 4) is 0 Å². The van der Waals surface area contributed by atoms with Crippen molar-refractivity contribution in [3.05, 3.63) is 29.7 Å². The van der Waals surface area contributed by atoms with E-state index in [4.69, 9.17) is 10.2 Å². The van der Waals surface area contributed by atoms with Crippen LogP contribution in [-0.2, 0) is 6.18 Å². The summed E-state index contributed by atoms with van der Waals surface area (Å²) < 4.78 is 43.3. The zero-order valence-electron chi connectivity index (χ0n) is 10.1. The van der Waals surface area contributed by atoms with E-state index in [0.29, 0.717) is 11.5 Å². The molecule has 1 aromatic carbocycles. The molecule has 0 radical (unpaired) electrons. The number of hydrogen-bond donors (Lipinski definition) is 1. The van der Waals surface area contributed by atoms with E-state index in [0.717, 1.165) is 31.4 Å². The molecule has 1 saturated carbocycles. The Morgan fingerprint density at radius 3 is 2.68 bits per heavy atom. The minimum absolute atomic E-state index is 0.122. The van der Waals surface area contributed by atoms with Gasteiger partial charge >= 0.3 is 6.18 Å². The standard InChI is InChI=1S/C13H13F3N2O/c14-13(15,16)8-2-4-11-10(6-8)18-12(19-11)7-1-3-9(17)5-7/h2,4,6-7,9H,1,3,5,17H2/t7-,9+/m1/s1. The van der Waals surface area contributed by atoms with Gasteiger partial charge in [0.2, 0.25) is 0 Å². The molecule has 1 aliphatic carbocycles. The number of rotatable bonds is 1. The van der Waals surface area contributed by atoms with Crippen LogP contribution in [0.15, 0.2) is 22.6 Å². The Morgan fingerprint density at radius 1 is 1.26 bits per heavy atom. The van der Waals surface area contributed by atoms with Crippen LogP contribution in [0.1, 0.15) is 36.6 Å². The van der Waals surface area contributed by atoms with Crippen molar-refractivity contribution in [3.63, 3.8) is 0 Å². The summed E-state index contributed by atoms with van der Waals surface area (Å²) in [5.41, 5.74) is 5.76. The molecule has 102 valence electrons. The highest BCUT2D eigenvalue weighted by molar-refractivity contribution is 5.73. The smallest absolute Gasteiger partial charge is 0.416 e. The van der Waals surface area contributed by atoms with E-state index in [2.05, 4.69) is 4.98 Å². The molecule has 0 unspecified atom stereocenters. The minimum atomic E-state index is -4.36. The van der Waals surface area contributed by atoms with Crippen molar-refractivity contribution in [2.24, 2.45) is 5.73 Å². The molecule has 2 atom stereocenters. The molecule has 1 aliphatic rings. The Bertz CT molecular complexity index is 605. The Balaban J connectivity index is 1.97. The average molecular weight is 270 g/mol. The van der Waals surface area contributed by atoms with Crippen molar-refractivity contribution < 1.29 is 17.6 Å². The summed E-state index contributed by atoms with van der Waals surface area (Å²) in [6.07, 6.45) is -1.81. The van der Waals surface area contributed by atoms with Crippen LogP contribution in [0, 0.1) is 0 Å². The summed E-state index contributed by atoms with van der Waals surface area (Å²) in [7, 11) is 0. The molecular formula is C13H13F3N2O. The monoisotopic (exact) mass is 270 g/mol. The average Bonchev–Trinajstić information content (AvgIpc) is 2.92. The first-order chi connectivity index (χ1) is 8.93. The zero-order chi connectivity index (χ0) is 13.6. The summed E-state index contributed by atoms with van der Waals surface area (Å²) in [6, 6.07) is 3.49. The number of fused-ring (bicyclic) bond motifs is 1. The quantitative estimate of drug-likeness (QED) is 0.863. The number of nitrogens with two attached hydrogens (primary N) is 1. The van der Waals surface area contributed by atoms with Crippen LogP contribution in [0.4, 0.5) is 13.2 Å². The minimum Gasteiger partial charge on any atom is -0.440 e. The Kier molecular flexibility index (Phi) is 2.78. The van der Waals surface area contributed by atoms with Crippen LogP contribution in [0.2, 0.25) is 0 Å². The fraction of sp³-hybridized carbons (Fsp3) is 0.462. The summed E-state index contributed by atoms with van der Waals surface area (Å²) in [4.78, 5) is 4.18. The molecule has 0 amide bonds. The van der Waals surface area contributed by atoms with Gasteiger partial charge in [0, 0.05) is 12.0 Å². The first-order valence-corrected chi connectivity index (χ1v) is 6.17. The number of oxazole rings is 1. The van der Waals surface area contributed by atoms with Crippen LogP contribution in [-0.4, -0.2) is 11.0 Å². The number of nitrogens with zero attached hydrogens (tertiary/aromatic N) is 1. The van der Waals surface area contributed by atoms with Gasteiger partial charge in [0.25, 0.3) is 0 Å².